The first-order valence-corrected chi connectivity index (χ1v) is 14.7. The first kappa shape index (κ1) is 27.1. The molecule has 5 heteroatoms. The highest BCUT2D eigenvalue weighted by Gasteiger charge is 2.61. The van der Waals surface area contributed by atoms with E-state index in [1.165, 1.54) is 12.7 Å². The zero-order valence-electron chi connectivity index (χ0n) is 23.8. The molecule has 1 aromatic rings. The van der Waals surface area contributed by atoms with Crippen molar-refractivity contribution in [3.05, 3.63) is 47.0 Å². The van der Waals surface area contributed by atoms with Crippen LogP contribution in [-0.4, -0.2) is 30.9 Å². The third-order valence-electron chi connectivity index (χ3n) is 11.2. The number of benzene rings is 1. The predicted molar refractivity (Wildman–Crippen MR) is 146 cm³/mol. The molecule has 0 heterocycles. The minimum atomic E-state index is -0.340. The molecule has 1 aromatic carbocycles. The van der Waals surface area contributed by atoms with E-state index in [0.29, 0.717) is 47.4 Å². The van der Waals surface area contributed by atoms with Gasteiger partial charge in [0.15, 0.2) is 5.78 Å². The molecule has 0 aliphatic heterocycles. The maximum absolute atomic E-state index is 13.9. The largest absolute Gasteiger partial charge is 0.469 e. The molecule has 0 N–H and O–H groups in total. The number of esters is 2. The second kappa shape index (κ2) is 10.3. The molecule has 3 saturated carbocycles. The molecule has 0 amide bonds. The highest BCUT2D eigenvalue weighted by Crippen LogP contribution is 2.65. The SMILES string of the molecule is COC(=O)CC[C@@H](C)C1CC[C@H]2[C@@H]3CC[C@@H]4C[C@@H](OC(=O)c5ccc(C)cc5)CC[C@]4(C)C3=CC(=O)[C@]12C. The van der Waals surface area contributed by atoms with Crippen LogP contribution in [0.25, 0.3) is 0 Å². The summed E-state index contributed by atoms with van der Waals surface area (Å²) in [6.07, 6.45) is 10.3. The lowest BCUT2D eigenvalue weighted by molar-refractivity contribution is -0.141. The number of carbonyl (C=O) groups is 3. The summed E-state index contributed by atoms with van der Waals surface area (Å²) in [6, 6.07) is 7.58. The summed E-state index contributed by atoms with van der Waals surface area (Å²) >= 11 is 0. The Morgan fingerprint density at radius 2 is 1.79 bits per heavy atom. The number of rotatable bonds is 6. The Kier molecular flexibility index (Phi) is 7.34. The molecule has 5 nitrogen and oxygen atoms in total. The number of hydrogen-bond donors (Lipinski definition) is 0. The Balaban J connectivity index is 1.30. The van der Waals surface area contributed by atoms with Gasteiger partial charge >= 0.3 is 11.9 Å². The first-order valence-electron chi connectivity index (χ1n) is 14.7. The smallest absolute Gasteiger partial charge is 0.338 e. The summed E-state index contributed by atoms with van der Waals surface area (Å²) in [6.45, 7) is 8.81. The van der Waals surface area contributed by atoms with Crippen LogP contribution in [0.2, 0.25) is 0 Å². The number of methoxy groups -OCH3 is 1. The average Bonchev–Trinajstić information content (AvgIpc) is 3.27. The molecular formula is C33H44O5. The molecule has 0 bridgehead atoms. The van der Waals surface area contributed by atoms with E-state index in [4.69, 9.17) is 9.47 Å². The third-order valence-corrected chi connectivity index (χ3v) is 11.2. The highest BCUT2D eigenvalue weighted by molar-refractivity contribution is 5.97. The molecule has 0 aromatic heterocycles. The summed E-state index contributed by atoms with van der Waals surface area (Å²) in [5.41, 5.74) is 2.79. The van der Waals surface area contributed by atoms with Gasteiger partial charge < -0.3 is 9.47 Å². The van der Waals surface area contributed by atoms with Crippen molar-refractivity contribution < 1.29 is 23.9 Å². The van der Waals surface area contributed by atoms with Crippen molar-refractivity contribution >= 4 is 17.7 Å². The van der Waals surface area contributed by atoms with E-state index in [9.17, 15) is 14.4 Å². The maximum atomic E-state index is 13.9. The maximum Gasteiger partial charge on any atom is 0.338 e. The fourth-order valence-electron chi connectivity index (χ4n) is 8.88. The Hall–Kier alpha value is -2.43. The van der Waals surface area contributed by atoms with Crippen LogP contribution in [0.5, 0.6) is 0 Å². The van der Waals surface area contributed by atoms with E-state index >= 15 is 0 Å². The number of ether oxygens (including phenoxy) is 2. The first-order chi connectivity index (χ1) is 18.1. The van der Waals surface area contributed by atoms with Crippen LogP contribution in [-0.2, 0) is 19.1 Å². The highest BCUT2D eigenvalue weighted by atomic mass is 16.5. The minimum Gasteiger partial charge on any atom is -0.469 e. The average molecular weight is 521 g/mol. The van der Waals surface area contributed by atoms with Gasteiger partial charge in [-0.3, -0.25) is 9.59 Å². The normalized spacial score (nSPS) is 36.8. The van der Waals surface area contributed by atoms with E-state index in [1.54, 1.807) is 0 Å². The molecular weight excluding hydrogens is 476 g/mol. The van der Waals surface area contributed by atoms with Crippen LogP contribution >= 0.6 is 0 Å². The Morgan fingerprint density at radius 3 is 2.50 bits per heavy atom. The van der Waals surface area contributed by atoms with Crippen molar-refractivity contribution in [2.45, 2.75) is 91.6 Å². The molecule has 0 spiro atoms. The topological polar surface area (TPSA) is 69.7 Å². The van der Waals surface area contributed by atoms with Crippen molar-refractivity contribution in [1.82, 2.24) is 0 Å². The van der Waals surface area contributed by atoms with Gasteiger partial charge in [-0.05, 0) is 112 Å². The van der Waals surface area contributed by atoms with Crippen LogP contribution < -0.4 is 0 Å². The lowest BCUT2D eigenvalue weighted by Crippen LogP contribution is -2.52. The molecule has 0 saturated heterocycles. The van der Waals surface area contributed by atoms with Crippen molar-refractivity contribution in [1.29, 1.82) is 0 Å². The molecule has 38 heavy (non-hydrogen) atoms. The fourth-order valence-corrected chi connectivity index (χ4v) is 8.88. The summed E-state index contributed by atoms with van der Waals surface area (Å²) in [5.74, 6) is 1.81. The summed E-state index contributed by atoms with van der Waals surface area (Å²) in [4.78, 5) is 38.5. The Labute approximate surface area is 227 Å². The number of ketones is 1. The molecule has 206 valence electrons. The van der Waals surface area contributed by atoms with Crippen molar-refractivity contribution in [3.8, 4) is 0 Å². The predicted octanol–water partition coefficient (Wildman–Crippen LogP) is 6.87. The number of carbonyl (C=O) groups excluding carboxylic acids is 3. The minimum absolute atomic E-state index is 0.00125. The third kappa shape index (κ3) is 4.54. The number of aryl methyl sites for hydroxylation is 1. The molecule has 5 rings (SSSR count). The zero-order chi connectivity index (χ0) is 27.2. The number of fused-ring (bicyclic) bond motifs is 5. The van der Waals surface area contributed by atoms with Gasteiger partial charge in [-0.15, -0.1) is 0 Å². The van der Waals surface area contributed by atoms with Gasteiger partial charge in [-0.1, -0.05) is 44.0 Å². The van der Waals surface area contributed by atoms with Crippen LogP contribution in [0, 0.1) is 47.3 Å². The summed E-state index contributed by atoms with van der Waals surface area (Å²) in [5, 5.41) is 0. The van der Waals surface area contributed by atoms with Crippen LogP contribution in [0.4, 0.5) is 0 Å². The van der Waals surface area contributed by atoms with Gasteiger partial charge in [0.05, 0.1) is 12.7 Å². The quantitative estimate of drug-likeness (QED) is 0.383. The lowest BCUT2D eigenvalue weighted by atomic mass is 9.48. The monoisotopic (exact) mass is 520 g/mol. The van der Waals surface area contributed by atoms with Crippen LogP contribution in [0.3, 0.4) is 0 Å². The van der Waals surface area contributed by atoms with E-state index in [2.05, 4.69) is 26.8 Å². The molecule has 8 atom stereocenters. The summed E-state index contributed by atoms with van der Waals surface area (Å²) < 4.78 is 10.8. The zero-order valence-corrected chi connectivity index (χ0v) is 23.8. The van der Waals surface area contributed by atoms with Gasteiger partial charge in [0.2, 0.25) is 0 Å². The molecule has 0 radical (unpaired) electrons. The molecule has 4 aliphatic rings. The van der Waals surface area contributed by atoms with E-state index in [0.717, 1.165) is 56.9 Å². The Morgan fingerprint density at radius 1 is 1.05 bits per heavy atom. The second-order valence-electron chi connectivity index (χ2n) is 13.1. The standard InChI is InChI=1S/C33H44O5/c1-20-6-9-22(10-7-20)31(36)38-24-16-17-32(3)23(18-24)11-12-25-27-14-13-26(21(2)8-15-30(35)37-5)33(27,4)29(34)19-28(25)32/h6-7,9-10,19,21,23-27H,8,11-18H2,1-5H3/t21-,23-,24+,25+,26?,27+,32+,33-/m1/s1. The Bertz CT molecular complexity index is 1120. The number of hydrogen-bond acceptors (Lipinski definition) is 5. The fraction of sp³-hybridized carbons (Fsp3) is 0.667. The molecule has 4 aliphatic carbocycles. The van der Waals surface area contributed by atoms with E-state index in [1.807, 2.05) is 31.2 Å². The van der Waals surface area contributed by atoms with Gasteiger partial charge in [0.25, 0.3) is 0 Å². The molecule has 1 unspecified atom stereocenters. The molecule has 3 fully saturated rings. The van der Waals surface area contributed by atoms with Crippen molar-refractivity contribution in [3.63, 3.8) is 0 Å². The lowest BCUT2D eigenvalue weighted by Gasteiger charge is -2.56. The van der Waals surface area contributed by atoms with E-state index < -0.39 is 0 Å². The van der Waals surface area contributed by atoms with Gasteiger partial charge in [0.1, 0.15) is 6.10 Å². The van der Waals surface area contributed by atoms with Crippen molar-refractivity contribution in [2.75, 3.05) is 7.11 Å². The second-order valence-corrected chi connectivity index (χ2v) is 13.1. The van der Waals surface area contributed by atoms with Gasteiger partial charge in [-0.25, -0.2) is 4.79 Å². The summed E-state index contributed by atoms with van der Waals surface area (Å²) in [7, 11) is 1.44. The van der Waals surface area contributed by atoms with Crippen LogP contribution in [0.15, 0.2) is 35.9 Å². The van der Waals surface area contributed by atoms with Gasteiger partial charge in [0, 0.05) is 11.8 Å². The van der Waals surface area contributed by atoms with Crippen molar-refractivity contribution in [2.24, 2.45) is 40.4 Å². The van der Waals surface area contributed by atoms with E-state index in [-0.39, 0.29) is 28.9 Å². The van der Waals surface area contributed by atoms with Crippen LogP contribution in [0.1, 0.15) is 94.5 Å². The van der Waals surface area contributed by atoms with Gasteiger partial charge in [-0.2, -0.15) is 0 Å². The number of allylic oxidation sites excluding steroid dienone is 2.